The van der Waals surface area contributed by atoms with Gasteiger partial charge in [0.15, 0.2) is 0 Å². The average molecular weight is 422 g/mol. The van der Waals surface area contributed by atoms with E-state index in [4.69, 9.17) is 4.98 Å². The number of nitrogens with zero attached hydrogens (tertiary/aromatic N) is 4. The van der Waals surface area contributed by atoms with E-state index in [1.165, 1.54) is 5.56 Å². The van der Waals surface area contributed by atoms with E-state index >= 15 is 0 Å². The number of aromatic nitrogens is 4. The van der Waals surface area contributed by atoms with Gasteiger partial charge in [-0.15, -0.1) is 0 Å². The van der Waals surface area contributed by atoms with Crippen LogP contribution in [0, 0.1) is 6.92 Å². The topological polar surface area (TPSA) is 96.1 Å². The lowest BCUT2D eigenvalue weighted by Crippen LogP contribution is -2.33. The zero-order chi connectivity index (χ0) is 22.2. The van der Waals surface area contributed by atoms with Crippen LogP contribution in [-0.2, 0) is 11.0 Å². The van der Waals surface area contributed by atoms with Crippen molar-refractivity contribution >= 4 is 11.6 Å². The van der Waals surface area contributed by atoms with Gasteiger partial charge in [-0.05, 0) is 73.4 Å². The summed E-state index contributed by atoms with van der Waals surface area (Å²) in [4.78, 5) is 13.6. The van der Waals surface area contributed by atoms with Gasteiger partial charge in [-0.3, -0.25) is 4.57 Å². The summed E-state index contributed by atoms with van der Waals surface area (Å²) in [5.74, 6) is 2.16. The summed E-state index contributed by atoms with van der Waals surface area (Å²) in [6.07, 6.45) is 7.18. The zero-order valence-corrected chi connectivity index (χ0v) is 18.6. The molecule has 3 N–H and O–H groups in total. The Labute approximate surface area is 183 Å². The van der Waals surface area contributed by atoms with Gasteiger partial charge in [0.1, 0.15) is 29.4 Å². The van der Waals surface area contributed by atoms with Crippen molar-refractivity contribution in [1.29, 1.82) is 0 Å². The third kappa shape index (κ3) is 4.78. The van der Waals surface area contributed by atoms with Crippen LogP contribution in [-0.4, -0.2) is 35.8 Å². The minimum Gasteiger partial charge on any atom is -0.393 e. The maximum absolute atomic E-state index is 11.0. The molecule has 0 unspecified atom stereocenters. The molecule has 0 atom stereocenters. The molecule has 0 spiro atoms. The van der Waals surface area contributed by atoms with Gasteiger partial charge in [0, 0.05) is 12.4 Å². The van der Waals surface area contributed by atoms with Crippen LogP contribution in [0.2, 0.25) is 0 Å². The molecule has 1 aliphatic rings. The molecule has 0 aliphatic heterocycles. The van der Waals surface area contributed by atoms with Crippen molar-refractivity contribution in [2.75, 3.05) is 5.32 Å². The van der Waals surface area contributed by atoms with Crippen LogP contribution in [0.5, 0.6) is 0 Å². The number of hydrogen-bond acceptors (Lipinski definition) is 6. The van der Waals surface area contributed by atoms with Gasteiger partial charge in [0.25, 0.3) is 0 Å². The monoisotopic (exact) mass is 421 g/mol. The Morgan fingerprint density at radius 3 is 2.55 bits per heavy atom. The highest BCUT2D eigenvalue weighted by atomic mass is 16.3. The molecule has 7 nitrogen and oxygen atoms in total. The molecule has 3 aromatic rings. The van der Waals surface area contributed by atoms with E-state index in [0.717, 1.165) is 11.4 Å². The molecule has 0 saturated heterocycles. The first-order valence-electron chi connectivity index (χ1n) is 10.8. The van der Waals surface area contributed by atoms with Crippen LogP contribution < -0.4 is 5.32 Å². The minimum absolute atomic E-state index is 0.0349. The zero-order valence-electron chi connectivity index (χ0n) is 18.6. The van der Waals surface area contributed by atoms with Gasteiger partial charge >= 0.3 is 0 Å². The lowest BCUT2D eigenvalue weighted by Gasteiger charge is -2.32. The number of pyridine rings is 2. The van der Waals surface area contributed by atoms with Crippen molar-refractivity contribution in [3.8, 4) is 5.82 Å². The first-order valence-corrected chi connectivity index (χ1v) is 10.8. The van der Waals surface area contributed by atoms with Gasteiger partial charge in [0.2, 0.25) is 0 Å². The van der Waals surface area contributed by atoms with E-state index in [1.54, 1.807) is 6.33 Å². The highest BCUT2D eigenvalue weighted by molar-refractivity contribution is 5.55. The lowest BCUT2D eigenvalue weighted by atomic mass is 9.81. The number of aliphatic hydroxyl groups excluding tert-OH is 1. The standard InChI is InChI=1S/C24H31N5O2/c1-16-11-21(27-20-13-17(7-10-25-20)23(2,3)4)28-22(12-16)29-14-19(26-15-29)24(31)8-5-18(30)6-9-24/h7,10-15,18,30-31H,5-6,8-9H2,1-4H3,(H,25,27,28)/t18-,24-. The molecule has 0 radical (unpaired) electrons. The maximum atomic E-state index is 11.0. The molecule has 4 rings (SSSR count). The summed E-state index contributed by atoms with van der Waals surface area (Å²) in [6, 6.07) is 8.03. The van der Waals surface area contributed by atoms with Gasteiger partial charge in [0.05, 0.1) is 11.8 Å². The largest absolute Gasteiger partial charge is 0.393 e. The summed E-state index contributed by atoms with van der Waals surface area (Å²) < 4.78 is 1.83. The van der Waals surface area contributed by atoms with Crippen LogP contribution >= 0.6 is 0 Å². The third-order valence-corrected chi connectivity index (χ3v) is 5.94. The first kappa shape index (κ1) is 21.5. The van der Waals surface area contributed by atoms with Crippen LogP contribution in [0.1, 0.15) is 63.3 Å². The fourth-order valence-corrected chi connectivity index (χ4v) is 3.97. The molecular weight excluding hydrogens is 390 g/mol. The fourth-order valence-electron chi connectivity index (χ4n) is 3.97. The number of aryl methyl sites for hydroxylation is 1. The number of aliphatic hydroxyl groups is 2. The number of hydrogen-bond donors (Lipinski definition) is 3. The predicted molar refractivity (Wildman–Crippen MR) is 121 cm³/mol. The van der Waals surface area contributed by atoms with Gasteiger partial charge < -0.3 is 15.5 Å². The average Bonchev–Trinajstić information content (AvgIpc) is 3.21. The molecule has 31 heavy (non-hydrogen) atoms. The summed E-state index contributed by atoms with van der Waals surface area (Å²) in [5, 5.41) is 24.1. The Kier molecular flexibility index (Phi) is 5.58. The van der Waals surface area contributed by atoms with Crippen molar-refractivity contribution in [2.45, 2.75) is 70.5 Å². The van der Waals surface area contributed by atoms with Crippen LogP contribution in [0.4, 0.5) is 11.6 Å². The number of anilines is 2. The van der Waals surface area contributed by atoms with E-state index in [2.05, 4.69) is 36.1 Å². The van der Waals surface area contributed by atoms with Gasteiger partial charge in [-0.1, -0.05) is 20.8 Å². The van der Waals surface area contributed by atoms with Crippen molar-refractivity contribution in [3.63, 3.8) is 0 Å². The molecule has 164 valence electrons. The third-order valence-electron chi connectivity index (χ3n) is 5.94. The molecule has 0 aromatic carbocycles. The van der Waals surface area contributed by atoms with Crippen LogP contribution in [0.3, 0.4) is 0 Å². The maximum Gasteiger partial charge on any atom is 0.140 e. The summed E-state index contributed by atoms with van der Waals surface area (Å²) in [5.41, 5.74) is 1.91. The Morgan fingerprint density at radius 2 is 1.84 bits per heavy atom. The van der Waals surface area contributed by atoms with Crippen molar-refractivity contribution in [1.82, 2.24) is 19.5 Å². The van der Waals surface area contributed by atoms with E-state index in [-0.39, 0.29) is 11.5 Å². The van der Waals surface area contributed by atoms with Crippen LogP contribution in [0.25, 0.3) is 5.82 Å². The Bertz CT molecular complexity index is 1060. The number of rotatable bonds is 4. The molecule has 0 amide bonds. The Morgan fingerprint density at radius 1 is 1.10 bits per heavy atom. The molecular formula is C24H31N5O2. The lowest BCUT2D eigenvalue weighted by molar-refractivity contribution is -0.0389. The minimum atomic E-state index is -0.993. The summed E-state index contributed by atoms with van der Waals surface area (Å²) >= 11 is 0. The molecule has 7 heteroatoms. The van der Waals surface area contributed by atoms with Gasteiger partial charge in [-0.25, -0.2) is 15.0 Å². The predicted octanol–water partition coefficient (Wildman–Crippen LogP) is 4.13. The molecule has 0 bridgehead atoms. The number of nitrogens with one attached hydrogen (secondary N) is 1. The first-order chi connectivity index (χ1) is 14.6. The summed E-state index contributed by atoms with van der Waals surface area (Å²) in [6.45, 7) is 8.54. The quantitative estimate of drug-likeness (QED) is 0.586. The molecule has 1 saturated carbocycles. The fraction of sp³-hybridized carbons (Fsp3) is 0.458. The van der Waals surface area contributed by atoms with Gasteiger partial charge in [-0.2, -0.15) is 0 Å². The normalized spacial score (nSPS) is 21.8. The van der Waals surface area contributed by atoms with E-state index in [1.807, 2.05) is 48.1 Å². The molecule has 1 aliphatic carbocycles. The van der Waals surface area contributed by atoms with E-state index in [0.29, 0.717) is 43.0 Å². The second-order valence-corrected chi connectivity index (χ2v) is 9.62. The second kappa shape index (κ2) is 8.05. The summed E-state index contributed by atoms with van der Waals surface area (Å²) in [7, 11) is 0. The van der Waals surface area contributed by atoms with Crippen molar-refractivity contribution < 1.29 is 10.2 Å². The molecule has 3 aromatic heterocycles. The second-order valence-electron chi connectivity index (χ2n) is 9.62. The van der Waals surface area contributed by atoms with Crippen LogP contribution in [0.15, 0.2) is 43.0 Å². The Balaban J connectivity index is 1.59. The highest BCUT2D eigenvalue weighted by Gasteiger charge is 2.36. The van der Waals surface area contributed by atoms with Crippen molar-refractivity contribution in [2.24, 2.45) is 0 Å². The SMILES string of the molecule is Cc1cc(Nc2cc(C(C)(C)C)ccn2)nc(-n2cnc([C@]3(O)CC[C@H](O)CC3)c2)c1. The van der Waals surface area contributed by atoms with Crippen molar-refractivity contribution in [3.05, 3.63) is 59.8 Å². The van der Waals surface area contributed by atoms with E-state index < -0.39 is 5.60 Å². The number of imidazole rings is 1. The molecule has 1 fully saturated rings. The highest BCUT2D eigenvalue weighted by Crippen LogP contribution is 2.36. The van der Waals surface area contributed by atoms with E-state index in [9.17, 15) is 10.2 Å². The smallest absolute Gasteiger partial charge is 0.140 e. The molecule has 3 heterocycles. The Hall–Kier alpha value is -2.77.